The van der Waals surface area contributed by atoms with Crippen molar-refractivity contribution in [3.63, 3.8) is 0 Å². The molecule has 126 valence electrons. The van der Waals surface area contributed by atoms with Crippen LogP contribution in [0.15, 0.2) is 53.1 Å². The molecule has 1 amide bonds. The van der Waals surface area contributed by atoms with Crippen LogP contribution in [0.25, 0.3) is 0 Å². The van der Waals surface area contributed by atoms with Crippen LogP contribution in [-0.4, -0.2) is 41.4 Å². The third kappa shape index (κ3) is 2.55. The normalized spacial score (nSPS) is 24.0. The van der Waals surface area contributed by atoms with Crippen molar-refractivity contribution >= 4 is 5.91 Å². The quantitative estimate of drug-likeness (QED) is 0.869. The molecule has 24 heavy (non-hydrogen) atoms. The summed E-state index contributed by atoms with van der Waals surface area (Å²) in [5, 5.41) is 0. The molecule has 0 unspecified atom stereocenters. The molecule has 2 saturated heterocycles. The number of likely N-dealkylation sites (tertiary alicyclic amines) is 2. The minimum Gasteiger partial charge on any atom is -0.468 e. The van der Waals surface area contributed by atoms with Crippen molar-refractivity contribution in [2.75, 3.05) is 20.1 Å². The van der Waals surface area contributed by atoms with Crippen molar-refractivity contribution in [2.45, 2.75) is 37.3 Å². The first-order chi connectivity index (χ1) is 11.7. The minimum absolute atomic E-state index is 0.0297. The van der Waals surface area contributed by atoms with E-state index < -0.39 is 0 Å². The predicted molar refractivity (Wildman–Crippen MR) is 92.5 cm³/mol. The maximum absolute atomic E-state index is 12.5. The third-order valence-corrected chi connectivity index (χ3v) is 5.95. The van der Waals surface area contributed by atoms with Gasteiger partial charge in [-0.25, -0.2) is 0 Å². The summed E-state index contributed by atoms with van der Waals surface area (Å²) in [6.45, 7) is 2.86. The van der Waals surface area contributed by atoms with Crippen LogP contribution in [0.1, 0.15) is 36.5 Å². The average molecular weight is 324 g/mol. The van der Waals surface area contributed by atoms with E-state index in [2.05, 4.69) is 29.2 Å². The average Bonchev–Trinajstić information content (AvgIpc) is 3.21. The van der Waals surface area contributed by atoms with Gasteiger partial charge < -0.3 is 9.32 Å². The lowest BCUT2D eigenvalue weighted by atomic mass is 9.74. The summed E-state index contributed by atoms with van der Waals surface area (Å²) in [5.74, 6) is 1.60. The first-order valence-electron chi connectivity index (χ1n) is 8.75. The van der Waals surface area contributed by atoms with E-state index in [-0.39, 0.29) is 11.4 Å². The molecule has 1 aromatic carbocycles. The number of carbonyl (C=O) groups excluding carboxylic acids is 1. The third-order valence-electron chi connectivity index (χ3n) is 5.95. The van der Waals surface area contributed by atoms with Gasteiger partial charge in [0.25, 0.3) is 0 Å². The largest absolute Gasteiger partial charge is 0.468 e. The SMILES string of the molecule is CN1C(=O)C[C@H](c2ccccc2)C12CCN(Cc1ccco1)CC2. The van der Waals surface area contributed by atoms with Crippen LogP contribution in [0.4, 0.5) is 0 Å². The van der Waals surface area contributed by atoms with Gasteiger partial charge in [-0.1, -0.05) is 30.3 Å². The van der Waals surface area contributed by atoms with Crippen LogP contribution in [0, 0.1) is 0 Å². The highest BCUT2D eigenvalue weighted by Crippen LogP contribution is 2.48. The summed E-state index contributed by atoms with van der Waals surface area (Å²) in [6.07, 6.45) is 4.42. The Bertz CT molecular complexity index is 688. The summed E-state index contributed by atoms with van der Waals surface area (Å²) in [4.78, 5) is 16.9. The second-order valence-corrected chi connectivity index (χ2v) is 7.08. The lowest BCUT2D eigenvalue weighted by Crippen LogP contribution is -2.53. The van der Waals surface area contributed by atoms with Crippen molar-refractivity contribution < 1.29 is 9.21 Å². The highest BCUT2D eigenvalue weighted by Gasteiger charge is 2.52. The van der Waals surface area contributed by atoms with Crippen LogP contribution in [0.5, 0.6) is 0 Å². The summed E-state index contributed by atoms with van der Waals surface area (Å²) in [6, 6.07) is 14.5. The fourth-order valence-corrected chi connectivity index (χ4v) is 4.50. The second kappa shape index (κ2) is 6.10. The molecule has 3 heterocycles. The molecule has 0 aliphatic carbocycles. The predicted octanol–water partition coefficient (Wildman–Crippen LogP) is 3.26. The number of nitrogens with zero attached hydrogens (tertiary/aromatic N) is 2. The van der Waals surface area contributed by atoms with Gasteiger partial charge in [0.15, 0.2) is 0 Å². The molecule has 4 heteroatoms. The molecule has 4 rings (SSSR count). The van der Waals surface area contributed by atoms with E-state index in [0.29, 0.717) is 12.3 Å². The summed E-state index contributed by atoms with van der Waals surface area (Å²) in [7, 11) is 1.99. The summed E-state index contributed by atoms with van der Waals surface area (Å²) >= 11 is 0. The van der Waals surface area contributed by atoms with E-state index in [1.54, 1.807) is 6.26 Å². The number of likely N-dealkylation sites (N-methyl/N-ethyl adjacent to an activating group) is 1. The molecular weight excluding hydrogens is 300 g/mol. The van der Waals surface area contributed by atoms with Gasteiger partial charge in [0.2, 0.25) is 5.91 Å². The zero-order chi connectivity index (χ0) is 16.6. The molecule has 2 aromatic rings. The minimum atomic E-state index is -0.0297. The van der Waals surface area contributed by atoms with Crippen molar-refractivity contribution in [3.8, 4) is 0 Å². The topological polar surface area (TPSA) is 36.7 Å². The van der Waals surface area contributed by atoms with Crippen molar-refractivity contribution in [1.29, 1.82) is 0 Å². The van der Waals surface area contributed by atoms with Gasteiger partial charge in [0.05, 0.1) is 18.3 Å². The Kier molecular flexibility index (Phi) is 3.93. The fraction of sp³-hybridized carbons (Fsp3) is 0.450. The van der Waals surface area contributed by atoms with Gasteiger partial charge in [-0.05, 0) is 30.5 Å². The maximum Gasteiger partial charge on any atom is 0.223 e. The molecule has 0 saturated carbocycles. The Labute approximate surface area is 143 Å². The van der Waals surface area contributed by atoms with Gasteiger partial charge in [0, 0.05) is 32.5 Å². The standard InChI is InChI=1S/C20H24N2O2/c1-21-19(23)14-18(16-6-3-2-4-7-16)20(21)9-11-22(12-10-20)15-17-8-5-13-24-17/h2-8,13,18H,9-12,14-15H2,1H3/t18-/m1/s1. The monoisotopic (exact) mass is 324 g/mol. The summed E-state index contributed by atoms with van der Waals surface area (Å²) < 4.78 is 5.48. The zero-order valence-corrected chi connectivity index (χ0v) is 14.1. The number of piperidine rings is 1. The molecule has 0 N–H and O–H groups in total. The molecule has 2 aliphatic rings. The number of carbonyl (C=O) groups is 1. The Morgan fingerprint density at radius 1 is 1.12 bits per heavy atom. The van der Waals surface area contributed by atoms with Crippen LogP contribution in [0.3, 0.4) is 0 Å². The van der Waals surface area contributed by atoms with E-state index in [1.165, 1.54) is 5.56 Å². The molecular formula is C20H24N2O2. The van der Waals surface area contributed by atoms with Gasteiger partial charge in [0.1, 0.15) is 5.76 Å². The van der Waals surface area contributed by atoms with E-state index in [9.17, 15) is 4.79 Å². The lowest BCUT2D eigenvalue weighted by Gasteiger charge is -2.46. The van der Waals surface area contributed by atoms with Crippen LogP contribution in [0.2, 0.25) is 0 Å². The number of hydrogen-bond acceptors (Lipinski definition) is 3. The second-order valence-electron chi connectivity index (χ2n) is 7.08. The van der Waals surface area contributed by atoms with Gasteiger partial charge >= 0.3 is 0 Å². The van der Waals surface area contributed by atoms with E-state index >= 15 is 0 Å². The lowest BCUT2D eigenvalue weighted by molar-refractivity contribution is -0.130. The van der Waals surface area contributed by atoms with E-state index in [4.69, 9.17) is 4.42 Å². The Morgan fingerprint density at radius 3 is 2.54 bits per heavy atom. The highest BCUT2D eigenvalue weighted by atomic mass is 16.3. The number of hydrogen-bond donors (Lipinski definition) is 0. The molecule has 1 spiro atoms. The first-order valence-corrected chi connectivity index (χ1v) is 8.75. The van der Waals surface area contributed by atoms with Gasteiger partial charge in [-0.15, -0.1) is 0 Å². The first kappa shape index (κ1) is 15.5. The molecule has 4 nitrogen and oxygen atoms in total. The molecule has 1 aromatic heterocycles. The molecule has 1 atom stereocenters. The molecule has 2 aliphatic heterocycles. The van der Waals surface area contributed by atoms with Crippen LogP contribution < -0.4 is 0 Å². The van der Waals surface area contributed by atoms with Gasteiger partial charge in [-0.3, -0.25) is 9.69 Å². The van der Waals surface area contributed by atoms with Crippen LogP contribution in [-0.2, 0) is 11.3 Å². The molecule has 2 fully saturated rings. The fourth-order valence-electron chi connectivity index (χ4n) is 4.50. The van der Waals surface area contributed by atoms with Crippen molar-refractivity contribution in [2.24, 2.45) is 0 Å². The Hall–Kier alpha value is -2.07. The number of rotatable bonds is 3. The maximum atomic E-state index is 12.5. The number of benzene rings is 1. The number of amides is 1. The number of furan rings is 1. The Morgan fingerprint density at radius 2 is 1.88 bits per heavy atom. The van der Waals surface area contributed by atoms with E-state index in [1.807, 2.05) is 30.1 Å². The molecule has 0 radical (unpaired) electrons. The smallest absolute Gasteiger partial charge is 0.223 e. The van der Waals surface area contributed by atoms with E-state index in [0.717, 1.165) is 38.2 Å². The van der Waals surface area contributed by atoms with Gasteiger partial charge in [-0.2, -0.15) is 0 Å². The molecule has 0 bridgehead atoms. The highest BCUT2D eigenvalue weighted by molar-refractivity contribution is 5.81. The summed E-state index contributed by atoms with van der Waals surface area (Å²) in [5.41, 5.74) is 1.27. The van der Waals surface area contributed by atoms with Crippen molar-refractivity contribution in [3.05, 3.63) is 60.1 Å². The van der Waals surface area contributed by atoms with Crippen LogP contribution >= 0.6 is 0 Å². The zero-order valence-electron chi connectivity index (χ0n) is 14.1. The Balaban J connectivity index is 1.53. The van der Waals surface area contributed by atoms with Crippen molar-refractivity contribution in [1.82, 2.24) is 9.80 Å².